The monoisotopic (exact) mass is 319 g/mol. The van der Waals surface area contributed by atoms with E-state index in [0.717, 1.165) is 13.0 Å². The zero-order valence-corrected chi connectivity index (χ0v) is 11.7. The predicted molar refractivity (Wildman–Crippen MR) is 73.5 cm³/mol. The number of methoxy groups -OCH3 is 1. The molecule has 1 rings (SSSR count). The van der Waals surface area contributed by atoms with Crippen LogP contribution in [0.4, 0.5) is 5.69 Å². The zero-order valence-electron chi connectivity index (χ0n) is 9.51. The summed E-state index contributed by atoms with van der Waals surface area (Å²) in [5.41, 5.74) is 2.52. The van der Waals surface area contributed by atoms with Crippen molar-refractivity contribution in [1.29, 1.82) is 0 Å². The summed E-state index contributed by atoms with van der Waals surface area (Å²) < 4.78 is 6.34. The van der Waals surface area contributed by atoms with Gasteiger partial charge in [0.15, 0.2) is 0 Å². The van der Waals surface area contributed by atoms with Crippen LogP contribution < -0.4 is 5.32 Å². The summed E-state index contributed by atoms with van der Waals surface area (Å²) in [7, 11) is 1.74. The van der Waals surface area contributed by atoms with Crippen LogP contribution in [0.5, 0.6) is 0 Å². The van der Waals surface area contributed by atoms with Gasteiger partial charge in [-0.25, -0.2) is 0 Å². The minimum Gasteiger partial charge on any atom is -0.385 e. The molecule has 2 nitrogen and oxygen atoms in total. The van der Waals surface area contributed by atoms with E-state index in [1.807, 2.05) is 0 Å². The first-order chi connectivity index (χ1) is 7.13. The Labute approximate surface area is 106 Å². The number of hydrogen-bond acceptors (Lipinski definition) is 2. The Morgan fingerprint density at radius 2 is 2.20 bits per heavy atom. The number of rotatable bonds is 5. The van der Waals surface area contributed by atoms with Gasteiger partial charge >= 0.3 is 0 Å². The molecule has 0 amide bonds. The summed E-state index contributed by atoms with van der Waals surface area (Å²) in [5, 5.41) is 3.49. The van der Waals surface area contributed by atoms with E-state index in [1.54, 1.807) is 7.11 Å². The lowest BCUT2D eigenvalue weighted by Gasteiger charge is -2.16. The van der Waals surface area contributed by atoms with Gasteiger partial charge in [0.1, 0.15) is 0 Å². The fraction of sp³-hybridized carbons (Fsp3) is 0.500. The van der Waals surface area contributed by atoms with E-state index in [2.05, 4.69) is 60.0 Å². The van der Waals surface area contributed by atoms with Crippen LogP contribution in [-0.2, 0) is 4.74 Å². The van der Waals surface area contributed by atoms with Crippen molar-refractivity contribution in [3.05, 3.63) is 27.3 Å². The summed E-state index contributed by atoms with van der Waals surface area (Å²) >= 11 is 2.33. The molecule has 1 aromatic rings. The van der Waals surface area contributed by atoms with Gasteiger partial charge < -0.3 is 10.1 Å². The Bertz CT molecular complexity index is 314. The second-order valence-electron chi connectivity index (χ2n) is 3.79. The normalized spacial score (nSPS) is 12.5. The van der Waals surface area contributed by atoms with Gasteiger partial charge in [0.05, 0.1) is 0 Å². The third-order valence-corrected chi connectivity index (χ3v) is 3.02. The molecule has 3 heteroatoms. The van der Waals surface area contributed by atoms with Gasteiger partial charge in [0.2, 0.25) is 0 Å². The van der Waals surface area contributed by atoms with E-state index in [9.17, 15) is 0 Å². The van der Waals surface area contributed by atoms with E-state index in [4.69, 9.17) is 4.74 Å². The van der Waals surface area contributed by atoms with Crippen LogP contribution in [0.1, 0.15) is 18.9 Å². The molecule has 0 saturated heterocycles. The highest BCUT2D eigenvalue weighted by Crippen LogP contribution is 2.18. The average Bonchev–Trinajstić information content (AvgIpc) is 2.19. The fourth-order valence-corrected chi connectivity index (χ4v) is 2.07. The molecule has 0 radical (unpaired) electrons. The molecule has 84 valence electrons. The maximum atomic E-state index is 5.06. The number of nitrogens with one attached hydrogen (secondary N) is 1. The summed E-state index contributed by atoms with van der Waals surface area (Å²) in [6.45, 7) is 5.11. The Morgan fingerprint density at radius 1 is 1.47 bits per heavy atom. The highest BCUT2D eigenvalue weighted by molar-refractivity contribution is 14.1. The molecule has 1 atom stereocenters. The quantitative estimate of drug-likeness (QED) is 0.840. The summed E-state index contributed by atoms with van der Waals surface area (Å²) in [5.74, 6) is 0. The van der Waals surface area contributed by atoms with Crippen molar-refractivity contribution < 1.29 is 4.74 Å². The van der Waals surface area contributed by atoms with Gasteiger partial charge in [-0.15, -0.1) is 0 Å². The van der Waals surface area contributed by atoms with Crippen LogP contribution in [0.15, 0.2) is 18.2 Å². The third kappa shape index (κ3) is 4.38. The molecule has 1 N–H and O–H groups in total. The van der Waals surface area contributed by atoms with Gasteiger partial charge in [-0.05, 0) is 66.6 Å². The van der Waals surface area contributed by atoms with Crippen molar-refractivity contribution in [2.45, 2.75) is 26.3 Å². The molecule has 15 heavy (non-hydrogen) atoms. The van der Waals surface area contributed by atoms with Crippen molar-refractivity contribution in [1.82, 2.24) is 0 Å². The molecule has 0 aliphatic rings. The second kappa shape index (κ2) is 6.33. The standard InChI is InChI=1S/C12H18INO/c1-9-8-11(13)4-5-12(9)14-10(2)6-7-15-3/h4-5,8,10,14H,6-7H2,1-3H3. The molecule has 0 aromatic heterocycles. The molecular weight excluding hydrogens is 301 g/mol. The lowest BCUT2D eigenvalue weighted by Crippen LogP contribution is -2.17. The molecule has 0 spiro atoms. The third-order valence-electron chi connectivity index (χ3n) is 2.35. The van der Waals surface area contributed by atoms with Crippen LogP contribution in [0.3, 0.4) is 0 Å². The van der Waals surface area contributed by atoms with Crippen LogP contribution in [-0.4, -0.2) is 19.8 Å². The maximum absolute atomic E-state index is 5.06. The molecule has 1 aromatic carbocycles. The smallest absolute Gasteiger partial charge is 0.0481 e. The molecular formula is C12H18INO. The van der Waals surface area contributed by atoms with E-state index in [1.165, 1.54) is 14.8 Å². The second-order valence-corrected chi connectivity index (χ2v) is 5.03. The van der Waals surface area contributed by atoms with Gasteiger partial charge in [-0.1, -0.05) is 0 Å². The minimum absolute atomic E-state index is 0.448. The largest absolute Gasteiger partial charge is 0.385 e. The molecule has 0 fully saturated rings. The van der Waals surface area contributed by atoms with E-state index in [-0.39, 0.29) is 0 Å². The van der Waals surface area contributed by atoms with Crippen LogP contribution in [0, 0.1) is 10.5 Å². The topological polar surface area (TPSA) is 21.3 Å². The van der Waals surface area contributed by atoms with E-state index >= 15 is 0 Å². The lowest BCUT2D eigenvalue weighted by atomic mass is 10.1. The first kappa shape index (κ1) is 12.8. The van der Waals surface area contributed by atoms with Crippen molar-refractivity contribution in [2.75, 3.05) is 19.0 Å². The Morgan fingerprint density at radius 3 is 2.80 bits per heavy atom. The summed E-state index contributed by atoms with van der Waals surface area (Å²) in [6.07, 6.45) is 1.03. The van der Waals surface area contributed by atoms with Crippen LogP contribution in [0.2, 0.25) is 0 Å². The van der Waals surface area contributed by atoms with Crippen molar-refractivity contribution in [3.63, 3.8) is 0 Å². The molecule has 0 bridgehead atoms. The molecule has 0 aliphatic carbocycles. The Hall–Kier alpha value is -0.290. The lowest BCUT2D eigenvalue weighted by molar-refractivity contribution is 0.191. The maximum Gasteiger partial charge on any atom is 0.0481 e. The van der Waals surface area contributed by atoms with Gasteiger partial charge in [-0.3, -0.25) is 0 Å². The van der Waals surface area contributed by atoms with Gasteiger partial charge in [-0.2, -0.15) is 0 Å². The highest BCUT2D eigenvalue weighted by Gasteiger charge is 2.03. The average molecular weight is 319 g/mol. The highest BCUT2D eigenvalue weighted by atomic mass is 127. The van der Waals surface area contributed by atoms with Gasteiger partial charge in [0.25, 0.3) is 0 Å². The first-order valence-electron chi connectivity index (χ1n) is 5.15. The summed E-state index contributed by atoms with van der Waals surface area (Å²) in [6, 6.07) is 6.90. The first-order valence-corrected chi connectivity index (χ1v) is 6.23. The van der Waals surface area contributed by atoms with Crippen molar-refractivity contribution in [2.24, 2.45) is 0 Å². The van der Waals surface area contributed by atoms with Crippen LogP contribution in [0.25, 0.3) is 0 Å². The molecule has 0 heterocycles. The van der Waals surface area contributed by atoms with Crippen molar-refractivity contribution in [3.8, 4) is 0 Å². The number of hydrogen-bond donors (Lipinski definition) is 1. The van der Waals surface area contributed by atoms with E-state index in [0.29, 0.717) is 6.04 Å². The predicted octanol–water partition coefficient (Wildman–Crippen LogP) is 3.44. The Kier molecular flexibility index (Phi) is 5.39. The zero-order chi connectivity index (χ0) is 11.3. The SMILES string of the molecule is COCCC(C)Nc1ccc(I)cc1C. The molecule has 0 saturated carbocycles. The van der Waals surface area contributed by atoms with Crippen LogP contribution >= 0.6 is 22.6 Å². The van der Waals surface area contributed by atoms with Crippen molar-refractivity contribution >= 4 is 28.3 Å². The fourth-order valence-electron chi connectivity index (χ4n) is 1.42. The minimum atomic E-state index is 0.448. The number of ether oxygens (including phenoxy) is 1. The number of halogens is 1. The number of anilines is 1. The molecule has 1 unspecified atom stereocenters. The van der Waals surface area contributed by atoms with Gasteiger partial charge in [0, 0.05) is 29.0 Å². The summed E-state index contributed by atoms with van der Waals surface area (Å²) in [4.78, 5) is 0. The Balaban J connectivity index is 2.56. The number of aryl methyl sites for hydroxylation is 1. The van der Waals surface area contributed by atoms with E-state index < -0.39 is 0 Å². The molecule has 0 aliphatic heterocycles. The number of benzene rings is 1.